The Kier molecular flexibility index (Phi) is 3.37. The maximum atomic E-state index is 12.3. The van der Waals surface area contributed by atoms with Crippen LogP contribution in [-0.2, 0) is 14.8 Å². The number of carbonyl (C=O) groups is 1. The van der Waals surface area contributed by atoms with Crippen LogP contribution in [0.2, 0.25) is 0 Å². The van der Waals surface area contributed by atoms with Gasteiger partial charge in [0.15, 0.2) is 5.60 Å². The third-order valence-electron chi connectivity index (χ3n) is 3.18. The fraction of sp³-hybridized carbons (Fsp3) is 0.214. The molecule has 2 N–H and O–H groups in total. The van der Waals surface area contributed by atoms with E-state index >= 15 is 0 Å². The molecule has 0 atom stereocenters. The van der Waals surface area contributed by atoms with E-state index in [0.29, 0.717) is 11.4 Å². The second-order valence-electron chi connectivity index (χ2n) is 5.28. The van der Waals surface area contributed by atoms with E-state index in [4.69, 9.17) is 4.74 Å². The second kappa shape index (κ2) is 4.99. The number of hydrogen-bond acceptors (Lipinski definition) is 5. The van der Waals surface area contributed by atoms with Gasteiger partial charge in [-0.05, 0) is 37.4 Å². The molecule has 6 nitrogen and oxygen atoms in total. The van der Waals surface area contributed by atoms with Crippen molar-refractivity contribution in [3.8, 4) is 5.75 Å². The average molecular weight is 338 g/mol. The van der Waals surface area contributed by atoms with E-state index in [1.807, 2.05) is 0 Å². The van der Waals surface area contributed by atoms with Gasteiger partial charge in [-0.2, -0.15) is 0 Å². The summed E-state index contributed by atoms with van der Waals surface area (Å²) in [6.45, 7) is 3.29. The zero-order chi connectivity index (χ0) is 16.0. The maximum absolute atomic E-state index is 12.3. The first kappa shape index (κ1) is 14.9. The minimum absolute atomic E-state index is 0.202. The lowest BCUT2D eigenvalue weighted by Crippen LogP contribution is -2.45. The summed E-state index contributed by atoms with van der Waals surface area (Å²) in [5.41, 5.74) is -0.403. The zero-order valence-electron chi connectivity index (χ0n) is 11.9. The van der Waals surface area contributed by atoms with Gasteiger partial charge in [-0.1, -0.05) is 12.1 Å². The molecule has 1 aliphatic rings. The van der Waals surface area contributed by atoms with Crippen LogP contribution < -0.4 is 14.8 Å². The van der Waals surface area contributed by atoms with Crippen molar-refractivity contribution in [1.29, 1.82) is 0 Å². The number of thiophene rings is 1. The predicted octanol–water partition coefficient (Wildman–Crippen LogP) is 2.66. The summed E-state index contributed by atoms with van der Waals surface area (Å²) in [6, 6.07) is 8.09. The number of carbonyl (C=O) groups excluding carboxylic acids is 1. The SMILES string of the molecule is CC1(C)Oc2cccc(NS(=O)(=O)c3cccs3)c2NC1=O. The minimum Gasteiger partial charge on any atom is -0.476 e. The molecule has 0 radical (unpaired) electrons. The number of anilines is 2. The number of sulfonamides is 1. The van der Waals surface area contributed by atoms with E-state index in [0.717, 1.165) is 11.3 Å². The van der Waals surface area contributed by atoms with Crippen LogP contribution in [0, 0.1) is 0 Å². The monoisotopic (exact) mass is 338 g/mol. The minimum atomic E-state index is -3.69. The molecule has 116 valence electrons. The normalized spacial score (nSPS) is 16.4. The molecule has 3 rings (SSSR count). The Bertz CT molecular complexity index is 827. The van der Waals surface area contributed by atoms with Crippen LogP contribution in [-0.4, -0.2) is 19.9 Å². The molecule has 0 unspecified atom stereocenters. The quantitative estimate of drug-likeness (QED) is 0.901. The highest BCUT2D eigenvalue weighted by molar-refractivity contribution is 7.94. The van der Waals surface area contributed by atoms with Crippen molar-refractivity contribution in [3.63, 3.8) is 0 Å². The number of rotatable bonds is 3. The number of hydrogen-bond donors (Lipinski definition) is 2. The number of nitrogens with one attached hydrogen (secondary N) is 2. The molecule has 2 aromatic rings. The van der Waals surface area contributed by atoms with Gasteiger partial charge in [-0.3, -0.25) is 9.52 Å². The summed E-state index contributed by atoms with van der Waals surface area (Å²) in [5.74, 6) is 0.0961. The van der Waals surface area contributed by atoms with Gasteiger partial charge in [0.2, 0.25) is 0 Å². The molecule has 0 spiro atoms. The molecule has 22 heavy (non-hydrogen) atoms. The Morgan fingerprint density at radius 3 is 2.68 bits per heavy atom. The molecule has 1 aromatic carbocycles. The van der Waals surface area contributed by atoms with Crippen LogP contribution in [0.3, 0.4) is 0 Å². The zero-order valence-corrected chi connectivity index (χ0v) is 13.5. The lowest BCUT2D eigenvalue weighted by atomic mass is 10.1. The Labute approximate surface area is 132 Å². The first-order valence-electron chi connectivity index (χ1n) is 6.49. The highest BCUT2D eigenvalue weighted by atomic mass is 32.2. The second-order valence-corrected chi connectivity index (χ2v) is 8.14. The van der Waals surface area contributed by atoms with Crippen LogP contribution in [0.25, 0.3) is 0 Å². The van der Waals surface area contributed by atoms with Crippen molar-refractivity contribution in [2.24, 2.45) is 0 Å². The molecule has 0 saturated heterocycles. The summed E-state index contributed by atoms with van der Waals surface area (Å²) in [5, 5.41) is 4.38. The molecular weight excluding hydrogens is 324 g/mol. The lowest BCUT2D eigenvalue weighted by molar-refractivity contribution is -0.129. The molecular formula is C14H14N2O4S2. The van der Waals surface area contributed by atoms with Gasteiger partial charge < -0.3 is 10.1 Å². The Morgan fingerprint density at radius 1 is 1.23 bits per heavy atom. The van der Waals surface area contributed by atoms with Crippen molar-refractivity contribution < 1.29 is 17.9 Å². The van der Waals surface area contributed by atoms with Crippen molar-refractivity contribution in [2.75, 3.05) is 10.0 Å². The molecule has 0 aliphatic carbocycles. The van der Waals surface area contributed by atoms with Gasteiger partial charge in [0.25, 0.3) is 15.9 Å². The molecule has 0 fully saturated rings. The van der Waals surface area contributed by atoms with Crippen molar-refractivity contribution in [2.45, 2.75) is 23.7 Å². The summed E-state index contributed by atoms with van der Waals surface area (Å²) in [4.78, 5) is 12.0. The van der Waals surface area contributed by atoms with Crippen molar-refractivity contribution >= 4 is 38.6 Å². The first-order valence-corrected chi connectivity index (χ1v) is 8.86. The number of amides is 1. The molecule has 2 heterocycles. The van der Waals surface area contributed by atoms with E-state index in [1.165, 1.54) is 6.07 Å². The van der Waals surface area contributed by atoms with Crippen LogP contribution in [0.1, 0.15) is 13.8 Å². The topological polar surface area (TPSA) is 84.5 Å². The average Bonchev–Trinajstić information content (AvgIpc) is 2.95. The van der Waals surface area contributed by atoms with Gasteiger partial charge in [-0.15, -0.1) is 11.3 Å². The predicted molar refractivity (Wildman–Crippen MR) is 84.9 cm³/mol. The van der Waals surface area contributed by atoms with Crippen molar-refractivity contribution in [1.82, 2.24) is 0 Å². The van der Waals surface area contributed by atoms with Gasteiger partial charge in [0.05, 0.1) is 5.69 Å². The number of fused-ring (bicyclic) bond motifs is 1. The van der Waals surface area contributed by atoms with Crippen LogP contribution >= 0.6 is 11.3 Å². The molecule has 8 heteroatoms. The van der Waals surface area contributed by atoms with Gasteiger partial charge in [0, 0.05) is 0 Å². The summed E-state index contributed by atoms with van der Waals surface area (Å²) < 4.78 is 32.9. The van der Waals surface area contributed by atoms with E-state index in [-0.39, 0.29) is 15.8 Å². The Hall–Kier alpha value is -2.06. The van der Waals surface area contributed by atoms with Gasteiger partial charge in [0.1, 0.15) is 15.6 Å². The third kappa shape index (κ3) is 2.55. The molecule has 0 bridgehead atoms. The Morgan fingerprint density at radius 2 is 2.00 bits per heavy atom. The van der Waals surface area contributed by atoms with E-state index in [1.54, 1.807) is 43.5 Å². The highest BCUT2D eigenvalue weighted by Gasteiger charge is 2.36. The van der Waals surface area contributed by atoms with E-state index < -0.39 is 15.6 Å². The van der Waals surface area contributed by atoms with E-state index in [2.05, 4.69) is 10.0 Å². The largest absolute Gasteiger partial charge is 0.476 e. The summed E-state index contributed by atoms with van der Waals surface area (Å²) in [6.07, 6.45) is 0. The van der Waals surface area contributed by atoms with Crippen LogP contribution in [0.4, 0.5) is 11.4 Å². The first-order chi connectivity index (χ1) is 10.3. The van der Waals surface area contributed by atoms with Gasteiger partial charge >= 0.3 is 0 Å². The molecule has 1 aliphatic heterocycles. The van der Waals surface area contributed by atoms with Crippen LogP contribution in [0.5, 0.6) is 5.75 Å². The number of ether oxygens (including phenoxy) is 1. The highest BCUT2D eigenvalue weighted by Crippen LogP contribution is 2.39. The van der Waals surface area contributed by atoms with Gasteiger partial charge in [-0.25, -0.2) is 8.42 Å². The summed E-state index contributed by atoms with van der Waals surface area (Å²) in [7, 11) is -3.69. The number of para-hydroxylation sites is 1. The fourth-order valence-electron chi connectivity index (χ4n) is 2.03. The maximum Gasteiger partial charge on any atom is 0.271 e. The molecule has 0 saturated carbocycles. The summed E-state index contributed by atoms with van der Waals surface area (Å²) >= 11 is 1.12. The smallest absolute Gasteiger partial charge is 0.271 e. The molecule has 1 aromatic heterocycles. The lowest BCUT2D eigenvalue weighted by Gasteiger charge is -2.32. The molecule has 1 amide bonds. The number of benzene rings is 1. The Balaban J connectivity index is 1.99. The fourth-order valence-corrected chi connectivity index (χ4v) is 4.09. The van der Waals surface area contributed by atoms with Crippen molar-refractivity contribution in [3.05, 3.63) is 35.7 Å². The third-order valence-corrected chi connectivity index (χ3v) is 5.94. The standard InChI is InChI=1S/C14H14N2O4S2/c1-14(2)13(17)15-12-9(5-3-6-10(12)20-14)16-22(18,19)11-7-4-8-21-11/h3-8,16H,1-2H3,(H,15,17). The van der Waals surface area contributed by atoms with E-state index in [9.17, 15) is 13.2 Å². The van der Waals surface area contributed by atoms with Crippen LogP contribution in [0.15, 0.2) is 39.9 Å².